The average molecular weight is 236 g/mol. The number of aromatic nitrogens is 1. The minimum absolute atomic E-state index is 0.644. The van der Waals surface area contributed by atoms with Gasteiger partial charge in [0.2, 0.25) is 0 Å². The third-order valence-electron chi connectivity index (χ3n) is 3.09. The summed E-state index contributed by atoms with van der Waals surface area (Å²) < 4.78 is 0. The molecule has 2 rings (SSSR count). The van der Waals surface area contributed by atoms with Crippen LogP contribution in [0.15, 0.2) is 18.3 Å². The average Bonchev–Trinajstić information content (AvgIpc) is 2.31. The third kappa shape index (κ3) is 3.41. The number of anilines is 1. The first-order valence-corrected chi connectivity index (χ1v) is 7.48. The van der Waals surface area contributed by atoms with Crippen molar-refractivity contribution in [3.8, 4) is 0 Å². The van der Waals surface area contributed by atoms with E-state index in [1.165, 1.54) is 37.7 Å². The smallest absolute Gasteiger partial charge is 0.126 e. The Balaban J connectivity index is 1.94. The van der Waals surface area contributed by atoms with E-state index >= 15 is 0 Å². The molecule has 1 aromatic heterocycles. The van der Waals surface area contributed by atoms with Gasteiger partial charge in [0.25, 0.3) is 0 Å². The highest BCUT2D eigenvalue weighted by molar-refractivity contribution is 7.97. The summed E-state index contributed by atoms with van der Waals surface area (Å²) in [4.78, 5) is 4.40. The topological polar surface area (TPSA) is 24.9 Å². The van der Waals surface area contributed by atoms with E-state index in [1.54, 1.807) is 0 Å². The maximum atomic E-state index is 4.40. The van der Waals surface area contributed by atoms with Gasteiger partial charge in [0.15, 0.2) is 0 Å². The number of hydrogen-bond donors (Lipinski definition) is 1. The second-order valence-electron chi connectivity index (χ2n) is 4.46. The normalized spacial score (nSPS) is 17.3. The zero-order chi connectivity index (χ0) is 11.2. The molecule has 1 aliphatic rings. The van der Waals surface area contributed by atoms with Gasteiger partial charge in [-0.05, 0) is 36.8 Å². The zero-order valence-corrected chi connectivity index (χ0v) is 10.7. The predicted octanol–water partition coefficient (Wildman–Crippen LogP) is 3.69. The minimum atomic E-state index is 0.644. The van der Waals surface area contributed by atoms with Crippen molar-refractivity contribution in [2.75, 3.05) is 11.6 Å². The van der Waals surface area contributed by atoms with Crippen molar-refractivity contribution in [2.45, 2.75) is 43.9 Å². The predicted molar refractivity (Wildman–Crippen MR) is 72.0 cm³/mol. The van der Waals surface area contributed by atoms with Crippen LogP contribution in [0.3, 0.4) is 0 Å². The van der Waals surface area contributed by atoms with Crippen molar-refractivity contribution < 1.29 is 0 Å². The summed E-state index contributed by atoms with van der Waals surface area (Å²) in [6, 6.07) is 4.93. The Kier molecular flexibility index (Phi) is 4.52. The molecule has 0 spiro atoms. The molecule has 0 unspecified atom stereocenters. The number of nitrogens with one attached hydrogen (secondary N) is 1. The molecule has 1 fully saturated rings. The molecule has 0 amide bonds. The molecule has 0 saturated heterocycles. The summed E-state index contributed by atoms with van der Waals surface area (Å²) in [5.74, 6) is 2.13. The lowest BCUT2D eigenvalue weighted by atomic mass is 9.95. The summed E-state index contributed by atoms with van der Waals surface area (Å²) >= 11 is 1.85. The second kappa shape index (κ2) is 6.14. The monoisotopic (exact) mass is 236 g/mol. The lowest BCUT2D eigenvalue weighted by molar-refractivity contribution is 0.462. The molecular weight excluding hydrogens is 216 g/mol. The van der Waals surface area contributed by atoms with Gasteiger partial charge >= 0.3 is 0 Å². The Morgan fingerprint density at radius 1 is 1.38 bits per heavy atom. The van der Waals surface area contributed by atoms with Crippen LogP contribution < -0.4 is 5.32 Å². The largest absolute Gasteiger partial charge is 0.367 e. The highest BCUT2D eigenvalue weighted by Crippen LogP contribution is 2.21. The fourth-order valence-corrected chi connectivity index (χ4v) is 2.78. The number of nitrogens with zero attached hydrogens (tertiary/aromatic N) is 1. The molecule has 0 atom stereocenters. The van der Waals surface area contributed by atoms with Crippen molar-refractivity contribution in [3.05, 3.63) is 23.9 Å². The number of hydrogen-bond acceptors (Lipinski definition) is 3. The van der Waals surface area contributed by atoms with Crippen LogP contribution in [0.1, 0.15) is 37.7 Å². The van der Waals surface area contributed by atoms with Gasteiger partial charge < -0.3 is 5.32 Å². The summed E-state index contributed by atoms with van der Waals surface area (Å²) in [5.41, 5.74) is 1.36. The van der Waals surface area contributed by atoms with E-state index < -0.39 is 0 Å². The van der Waals surface area contributed by atoms with E-state index in [9.17, 15) is 0 Å². The lowest BCUT2D eigenvalue weighted by Crippen LogP contribution is -2.22. The van der Waals surface area contributed by atoms with E-state index in [-0.39, 0.29) is 0 Å². The molecule has 3 heteroatoms. The van der Waals surface area contributed by atoms with Gasteiger partial charge in [-0.3, -0.25) is 0 Å². The minimum Gasteiger partial charge on any atom is -0.367 e. The molecule has 0 bridgehead atoms. The van der Waals surface area contributed by atoms with Gasteiger partial charge in [0.1, 0.15) is 5.82 Å². The van der Waals surface area contributed by atoms with Crippen LogP contribution in [0, 0.1) is 0 Å². The number of thioether (sulfide) groups is 1. The zero-order valence-electron chi connectivity index (χ0n) is 9.91. The Labute approximate surface area is 102 Å². The number of pyridine rings is 1. The van der Waals surface area contributed by atoms with Gasteiger partial charge in [-0.1, -0.05) is 19.3 Å². The van der Waals surface area contributed by atoms with E-state index in [2.05, 4.69) is 28.7 Å². The molecule has 16 heavy (non-hydrogen) atoms. The fourth-order valence-electron chi connectivity index (χ4n) is 2.27. The molecule has 0 radical (unpaired) electrons. The molecule has 1 heterocycles. The molecule has 0 aromatic carbocycles. The lowest BCUT2D eigenvalue weighted by Gasteiger charge is -2.23. The standard InChI is InChI=1S/C13H20N2S/c1-16-10-11-7-8-14-13(9-11)15-12-5-3-2-4-6-12/h7-9,12H,2-6,10H2,1H3,(H,14,15). The van der Waals surface area contributed by atoms with Crippen LogP contribution in [-0.4, -0.2) is 17.3 Å². The van der Waals surface area contributed by atoms with Gasteiger partial charge in [-0.2, -0.15) is 11.8 Å². The first kappa shape index (κ1) is 11.8. The Bertz CT molecular complexity index is 321. The molecule has 1 saturated carbocycles. The summed E-state index contributed by atoms with van der Waals surface area (Å²) in [6.07, 6.45) is 10.8. The molecule has 1 N–H and O–H groups in total. The van der Waals surface area contributed by atoms with Gasteiger partial charge in [-0.15, -0.1) is 0 Å². The van der Waals surface area contributed by atoms with Crippen LogP contribution >= 0.6 is 11.8 Å². The van der Waals surface area contributed by atoms with Crippen LogP contribution in [0.4, 0.5) is 5.82 Å². The maximum Gasteiger partial charge on any atom is 0.126 e. The SMILES string of the molecule is CSCc1ccnc(NC2CCCCC2)c1. The van der Waals surface area contributed by atoms with Crippen LogP contribution in [0.25, 0.3) is 0 Å². The Morgan fingerprint density at radius 3 is 2.94 bits per heavy atom. The summed E-state index contributed by atoms with van der Waals surface area (Å²) in [5, 5.41) is 3.56. The molecule has 1 aromatic rings. The molecule has 2 nitrogen and oxygen atoms in total. The highest BCUT2D eigenvalue weighted by atomic mass is 32.2. The highest BCUT2D eigenvalue weighted by Gasteiger charge is 2.13. The second-order valence-corrected chi connectivity index (χ2v) is 5.33. The van der Waals surface area contributed by atoms with Gasteiger partial charge in [-0.25, -0.2) is 4.98 Å². The van der Waals surface area contributed by atoms with Crippen molar-refractivity contribution in [3.63, 3.8) is 0 Å². The van der Waals surface area contributed by atoms with Crippen LogP contribution in [-0.2, 0) is 5.75 Å². The van der Waals surface area contributed by atoms with E-state index in [4.69, 9.17) is 0 Å². The fraction of sp³-hybridized carbons (Fsp3) is 0.615. The maximum absolute atomic E-state index is 4.40. The summed E-state index contributed by atoms with van der Waals surface area (Å²) in [7, 11) is 0. The quantitative estimate of drug-likeness (QED) is 0.863. The number of rotatable bonds is 4. The van der Waals surface area contributed by atoms with Gasteiger partial charge in [0, 0.05) is 18.0 Å². The van der Waals surface area contributed by atoms with Crippen molar-refractivity contribution in [2.24, 2.45) is 0 Å². The molecule has 88 valence electrons. The molecule has 0 aliphatic heterocycles. The Morgan fingerprint density at radius 2 is 2.19 bits per heavy atom. The third-order valence-corrected chi connectivity index (χ3v) is 3.71. The first-order valence-electron chi connectivity index (χ1n) is 6.09. The molecule has 1 aliphatic carbocycles. The molecular formula is C13H20N2S. The van der Waals surface area contributed by atoms with E-state index in [1.807, 2.05) is 18.0 Å². The Hall–Kier alpha value is -0.700. The van der Waals surface area contributed by atoms with Crippen molar-refractivity contribution in [1.29, 1.82) is 0 Å². The summed E-state index contributed by atoms with van der Waals surface area (Å²) in [6.45, 7) is 0. The van der Waals surface area contributed by atoms with E-state index in [0.717, 1.165) is 11.6 Å². The first-order chi connectivity index (χ1) is 7.88. The van der Waals surface area contributed by atoms with Crippen molar-refractivity contribution in [1.82, 2.24) is 4.98 Å². The van der Waals surface area contributed by atoms with E-state index in [0.29, 0.717) is 6.04 Å². The van der Waals surface area contributed by atoms with Gasteiger partial charge in [0.05, 0.1) is 0 Å². The van der Waals surface area contributed by atoms with Crippen molar-refractivity contribution >= 4 is 17.6 Å². The van der Waals surface area contributed by atoms with Crippen LogP contribution in [0.5, 0.6) is 0 Å². The van der Waals surface area contributed by atoms with Crippen LogP contribution in [0.2, 0.25) is 0 Å².